The van der Waals surface area contributed by atoms with Crippen molar-refractivity contribution in [1.82, 2.24) is 0 Å². The number of hydrogen-bond acceptors (Lipinski definition) is 1. The van der Waals surface area contributed by atoms with Crippen molar-refractivity contribution in [2.75, 3.05) is 7.11 Å². The van der Waals surface area contributed by atoms with Gasteiger partial charge in [0.05, 0.1) is 7.11 Å². The highest BCUT2D eigenvalue weighted by atomic mass is 16.5. The monoisotopic (exact) mass is 274 g/mol. The van der Waals surface area contributed by atoms with E-state index in [4.69, 9.17) is 4.74 Å². The van der Waals surface area contributed by atoms with Crippen LogP contribution in [-0.2, 0) is 11.2 Å². The highest BCUT2D eigenvalue weighted by Gasteiger charge is 2.09. The van der Waals surface area contributed by atoms with E-state index in [1.807, 2.05) is 0 Å². The Balaban J connectivity index is 2.47. The third kappa shape index (κ3) is 5.81. The number of hydrogen-bond donors (Lipinski definition) is 0. The summed E-state index contributed by atoms with van der Waals surface area (Å²) in [6.45, 7) is 10.9. The summed E-state index contributed by atoms with van der Waals surface area (Å²) < 4.78 is 5.20. The van der Waals surface area contributed by atoms with E-state index in [0.29, 0.717) is 0 Å². The van der Waals surface area contributed by atoms with Crippen molar-refractivity contribution >= 4 is 5.76 Å². The van der Waals surface area contributed by atoms with E-state index in [0.717, 1.165) is 29.6 Å². The number of ether oxygens (including phenoxy) is 1. The fraction of sp³-hybridized carbons (Fsp3) is 0.579. The molecule has 0 amide bonds. The molecule has 20 heavy (non-hydrogen) atoms. The van der Waals surface area contributed by atoms with E-state index in [-0.39, 0.29) is 0 Å². The van der Waals surface area contributed by atoms with Gasteiger partial charge in [-0.1, -0.05) is 58.4 Å². The van der Waals surface area contributed by atoms with Gasteiger partial charge >= 0.3 is 0 Å². The Morgan fingerprint density at radius 3 is 2.55 bits per heavy atom. The van der Waals surface area contributed by atoms with Crippen molar-refractivity contribution in [3.8, 4) is 0 Å². The van der Waals surface area contributed by atoms with Crippen LogP contribution in [-0.4, -0.2) is 7.11 Å². The molecule has 0 saturated carbocycles. The smallest absolute Gasteiger partial charge is 0.118 e. The van der Waals surface area contributed by atoms with Gasteiger partial charge in [0, 0.05) is 5.56 Å². The lowest BCUT2D eigenvalue weighted by molar-refractivity contribution is 0.371. The molecule has 0 radical (unpaired) electrons. The van der Waals surface area contributed by atoms with Gasteiger partial charge in [-0.25, -0.2) is 0 Å². The summed E-state index contributed by atoms with van der Waals surface area (Å²) in [6, 6.07) is 8.56. The van der Waals surface area contributed by atoms with Gasteiger partial charge in [0.15, 0.2) is 0 Å². The van der Waals surface area contributed by atoms with E-state index < -0.39 is 0 Å². The first kappa shape index (κ1) is 16.8. The summed E-state index contributed by atoms with van der Waals surface area (Å²) in [7, 11) is 1.67. The Bertz CT molecular complexity index is 408. The molecule has 0 aliphatic carbocycles. The molecule has 0 aromatic heterocycles. The number of rotatable bonds is 9. The fourth-order valence-corrected chi connectivity index (χ4v) is 2.85. The zero-order chi connectivity index (χ0) is 15.0. The minimum Gasteiger partial charge on any atom is -0.497 e. The van der Waals surface area contributed by atoms with Gasteiger partial charge in [0.25, 0.3) is 0 Å². The number of aryl methyl sites for hydroxylation is 1. The maximum atomic E-state index is 5.20. The van der Waals surface area contributed by atoms with E-state index in [1.165, 1.54) is 31.2 Å². The molecule has 0 heterocycles. The second-order valence-corrected chi connectivity index (χ2v) is 6.10. The predicted molar refractivity (Wildman–Crippen MR) is 88.7 cm³/mol. The van der Waals surface area contributed by atoms with Gasteiger partial charge in [0.2, 0.25) is 0 Å². The maximum absolute atomic E-state index is 5.20. The van der Waals surface area contributed by atoms with Crippen LogP contribution in [0, 0.1) is 11.8 Å². The average Bonchev–Trinajstić information content (AvgIpc) is 2.44. The molecular weight excluding hydrogens is 244 g/mol. The molecular formula is C19H30O. The van der Waals surface area contributed by atoms with Crippen molar-refractivity contribution in [3.63, 3.8) is 0 Å². The van der Waals surface area contributed by atoms with Crippen LogP contribution in [0.1, 0.15) is 57.6 Å². The van der Waals surface area contributed by atoms with Gasteiger partial charge in [-0.15, -0.1) is 0 Å². The van der Waals surface area contributed by atoms with Crippen LogP contribution in [0.4, 0.5) is 0 Å². The summed E-state index contributed by atoms with van der Waals surface area (Å²) in [6.07, 6.45) is 6.41. The van der Waals surface area contributed by atoms with Crippen molar-refractivity contribution in [3.05, 3.63) is 42.0 Å². The minimum absolute atomic E-state index is 0.747. The molecule has 0 aliphatic heterocycles. The van der Waals surface area contributed by atoms with Gasteiger partial charge in [0.1, 0.15) is 5.76 Å². The maximum Gasteiger partial charge on any atom is 0.118 e. The van der Waals surface area contributed by atoms with Gasteiger partial charge < -0.3 is 4.74 Å². The van der Waals surface area contributed by atoms with Gasteiger partial charge in [-0.05, 0) is 42.7 Å². The molecule has 1 heteroatoms. The molecule has 1 aromatic carbocycles. The molecule has 1 rings (SSSR count). The van der Waals surface area contributed by atoms with Crippen LogP contribution >= 0.6 is 0 Å². The predicted octanol–water partition coefficient (Wildman–Crippen LogP) is 5.70. The Labute approximate surface area is 125 Å². The molecule has 0 saturated heterocycles. The molecule has 2 unspecified atom stereocenters. The standard InChI is InChI=1S/C19H30O/c1-6-8-15(2)13-16(3)11-12-18-9-7-10-19(14-18)17(4)20-5/h7,9-10,14-16H,4,6,8,11-13H2,1-3,5H3. The summed E-state index contributed by atoms with van der Waals surface area (Å²) in [5.74, 6) is 2.40. The SMILES string of the molecule is C=C(OC)c1cccc(CCC(C)CC(C)CCC)c1. The van der Waals surface area contributed by atoms with Crippen LogP contribution < -0.4 is 0 Å². The summed E-state index contributed by atoms with van der Waals surface area (Å²) >= 11 is 0. The normalized spacial score (nSPS) is 13.8. The summed E-state index contributed by atoms with van der Waals surface area (Å²) in [5.41, 5.74) is 2.48. The lowest BCUT2D eigenvalue weighted by atomic mass is 9.89. The molecule has 1 nitrogen and oxygen atoms in total. The zero-order valence-corrected chi connectivity index (χ0v) is 13.6. The summed E-state index contributed by atoms with van der Waals surface area (Å²) in [4.78, 5) is 0. The van der Waals surface area contributed by atoms with E-state index >= 15 is 0 Å². The van der Waals surface area contributed by atoms with Crippen LogP contribution in [0.3, 0.4) is 0 Å². The zero-order valence-electron chi connectivity index (χ0n) is 13.6. The first-order valence-electron chi connectivity index (χ1n) is 7.89. The van der Waals surface area contributed by atoms with Crippen molar-refractivity contribution in [1.29, 1.82) is 0 Å². The van der Waals surface area contributed by atoms with Crippen molar-refractivity contribution in [2.24, 2.45) is 11.8 Å². The molecule has 0 N–H and O–H groups in total. The molecule has 112 valence electrons. The first-order valence-corrected chi connectivity index (χ1v) is 7.89. The van der Waals surface area contributed by atoms with E-state index in [9.17, 15) is 0 Å². The molecule has 1 aromatic rings. The molecule has 0 aliphatic rings. The van der Waals surface area contributed by atoms with Gasteiger partial charge in [-0.2, -0.15) is 0 Å². The second kappa shape index (κ2) is 8.84. The van der Waals surface area contributed by atoms with E-state index in [2.05, 4.69) is 51.6 Å². The molecule has 0 bridgehead atoms. The first-order chi connectivity index (χ1) is 9.56. The van der Waals surface area contributed by atoms with Crippen LogP contribution in [0.15, 0.2) is 30.8 Å². The van der Waals surface area contributed by atoms with Crippen molar-refractivity contribution in [2.45, 2.75) is 52.9 Å². The summed E-state index contributed by atoms with van der Waals surface area (Å²) in [5, 5.41) is 0. The van der Waals surface area contributed by atoms with Gasteiger partial charge in [-0.3, -0.25) is 0 Å². The van der Waals surface area contributed by atoms with Crippen LogP contribution in [0.2, 0.25) is 0 Å². The highest BCUT2D eigenvalue weighted by molar-refractivity contribution is 5.57. The van der Waals surface area contributed by atoms with Crippen LogP contribution in [0.25, 0.3) is 5.76 Å². The largest absolute Gasteiger partial charge is 0.497 e. The second-order valence-electron chi connectivity index (χ2n) is 6.10. The third-order valence-electron chi connectivity index (χ3n) is 4.01. The number of benzene rings is 1. The Morgan fingerprint density at radius 1 is 1.20 bits per heavy atom. The molecule has 0 fully saturated rings. The minimum atomic E-state index is 0.747. The topological polar surface area (TPSA) is 9.23 Å². The molecule has 2 atom stereocenters. The van der Waals surface area contributed by atoms with Crippen LogP contribution in [0.5, 0.6) is 0 Å². The highest BCUT2D eigenvalue weighted by Crippen LogP contribution is 2.22. The Morgan fingerprint density at radius 2 is 1.90 bits per heavy atom. The Hall–Kier alpha value is -1.24. The van der Waals surface area contributed by atoms with E-state index in [1.54, 1.807) is 7.11 Å². The Kier molecular flexibility index (Phi) is 7.43. The average molecular weight is 274 g/mol. The van der Waals surface area contributed by atoms with Crippen molar-refractivity contribution < 1.29 is 4.74 Å². The third-order valence-corrected chi connectivity index (χ3v) is 4.01. The molecule has 0 spiro atoms. The lowest BCUT2D eigenvalue weighted by Crippen LogP contribution is -2.04. The lowest BCUT2D eigenvalue weighted by Gasteiger charge is -2.17. The fourth-order valence-electron chi connectivity index (χ4n) is 2.85. The quantitative estimate of drug-likeness (QED) is 0.525. The number of methoxy groups -OCH3 is 1.